The van der Waals surface area contributed by atoms with Gasteiger partial charge in [0.25, 0.3) is 0 Å². The van der Waals surface area contributed by atoms with Crippen LogP contribution in [-0.4, -0.2) is 0 Å². The maximum absolute atomic E-state index is 2.47. The van der Waals surface area contributed by atoms with Crippen molar-refractivity contribution in [2.45, 2.75) is 149 Å². The number of hydrogen-bond acceptors (Lipinski definition) is 0. The maximum Gasteiger partial charge on any atom is -0.0355 e. The van der Waals surface area contributed by atoms with Gasteiger partial charge in [-0.05, 0) is 66.1 Å². The molecular formula is C31H68. The summed E-state index contributed by atoms with van der Waals surface area (Å²) in [5.74, 6) is 7.97. The van der Waals surface area contributed by atoms with E-state index in [4.69, 9.17) is 0 Å². The Balaban J connectivity index is -0.000000492. The molecule has 192 valence electrons. The first-order chi connectivity index (χ1) is 14.5. The summed E-state index contributed by atoms with van der Waals surface area (Å²) < 4.78 is 0. The fourth-order valence-corrected chi connectivity index (χ4v) is 4.70. The molecule has 0 saturated carbocycles. The Labute approximate surface area is 202 Å². The lowest BCUT2D eigenvalue weighted by Crippen LogP contribution is -2.27. The first kappa shape index (κ1) is 35.6. The fourth-order valence-electron chi connectivity index (χ4n) is 4.70. The predicted octanol–water partition coefficient (Wildman–Crippen LogP) is 11.5. The monoisotopic (exact) mass is 441 g/mol. The summed E-state index contributed by atoms with van der Waals surface area (Å²) in [6.45, 7) is 34.9. The number of hydrogen-bond donors (Lipinski definition) is 0. The van der Waals surface area contributed by atoms with Crippen LogP contribution in [0.5, 0.6) is 0 Å². The van der Waals surface area contributed by atoms with Crippen molar-refractivity contribution in [3.63, 3.8) is 0 Å². The molecule has 0 spiro atoms. The Morgan fingerprint density at radius 1 is 0.516 bits per heavy atom. The SMILES string of the molecule is CC.CCC(CC)C(CC(C)C(C)C)C(C)C(C)C.CCCC(CC(C)CC)C(C)C. The third-order valence-electron chi connectivity index (χ3n) is 8.17. The van der Waals surface area contributed by atoms with Gasteiger partial charge in [-0.15, -0.1) is 0 Å². The van der Waals surface area contributed by atoms with Crippen molar-refractivity contribution in [3.05, 3.63) is 0 Å². The van der Waals surface area contributed by atoms with Gasteiger partial charge in [0.15, 0.2) is 0 Å². The van der Waals surface area contributed by atoms with Crippen molar-refractivity contribution in [3.8, 4) is 0 Å². The molecule has 0 aliphatic rings. The largest absolute Gasteiger partial charge is 0.0683 e. The summed E-state index contributed by atoms with van der Waals surface area (Å²) >= 11 is 0. The first-order valence-corrected chi connectivity index (χ1v) is 14.5. The minimum atomic E-state index is 0.819. The van der Waals surface area contributed by atoms with Gasteiger partial charge in [-0.3, -0.25) is 0 Å². The van der Waals surface area contributed by atoms with Crippen molar-refractivity contribution in [2.75, 3.05) is 0 Å². The second kappa shape index (κ2) is 21.8. The topological polar surface area (TPSA) is 0 Å². The molecule has 0 saturated heterocycles. The fraction of sp³-hybridized carbons (Fsp3) is 1.00. The Morgan fingerprint density at radius 2 is 1.00 bits per heavy atom. The van der Waals surface area contributed by atoms with E-state index in [9.17, 15) is 0 Å². The molecule has 31 heavy (non-hydrogen) atoms. The van der Waals surface area contributed by atoms with E-state index >= 15 is 0 Å². The Bertz CT molecular complexity index is 334. The lowest BCUT2D eigenvalue weighted by Gasteiger charge is -2.36. The van der Waals surface area contributed by atoms with Gasteiger partial charge in [0.1, 0.15) is 0 Å². The molecule has 0 fully saturated rings. The van der Waals surface area contributed by atoms with Crippen LogP contribution in [0, 0.1) is 53.3 Å². The van der Waals surface area contributed by atoms with Crippen LogP contribution in [-0.2, 0) is 0 Å². The van der Waals surface area contributed by atoms with Crippen molar-refractivity contribution in [2.24, 2.45) is 53.3 Å². The van der Waals surface area contributed by atoms with E-state index < -0.39 is 0 Å². The molecule has 0 radical (unpaired) electrons. The molecule has 0 aromatic rings. The van der Waals surface area contributed by atoms with Crippen LogP contribution in [0.25, 0.3) is 0 Å². The minimum Gasteiger partial charge on any atom is -0.0683 e. The van der Waals surface area contributed by atoms with Gasteiger partial charge in [-0.1, -0.05) is 136 Å². The summed E-state index contributed by atoms with van der Waals surface area (Å²) in [5.41, 5.74) is 0. The molecule has 5 atom stereocenters. The summed E-state index contributed by atoms with van der Waals surface area (Å²) in [6, 6.07) is 0. The van der Waals surface area contributed by atoms with Crippen molar-refractivity contribution in [1.29, 1.82) is 0 Å². The van der Waals surface area contributed by atoms with Gasteiger partial charge in [-0.25, -0.2) is 0 Å². The maximum atomic E-state index is 2.47. The molecular weight excluding hydrogens is 372 g/mol. The first-order valence-electron chi connectivity index (χ1n) is 14.5. The van der Waals surface area contributed by atoms with E-state index in [0.29, 0.717) is 0 Å². The molecule has 0 aliphatic carbocycles. The third kappa shape index (κ3) is 17.2. The summed E-state index contributed by atoms with van der Waals surface area (Å²) in [4.78, 5) is 0. The highest BCUT2D eigenvalue weighted by molar-refractivity contribution is 4.78. The van der Waals surface area contributed by atoms with E-state index in [-0.39, 0.29) is 0 Å². The second-order valence-corrected chi connectivity index (χ2v) is 11.3. The highest BCUT2D eigenvalue weighted by Gasteiger charge is 2.28. The molecule has 0 aromatic heterocycles. The quantitative estimate of drug-likeness (QED) is 0.252. The third-order valence-corrected chi connectivity index (χ3v) is 8.17. The zero-order chi connectivity index (χ0) is 25.1. The summed E-state index contributed by atoms with van der Waals surface area (Å²) in [6.07, 6.45) is 9.66. The van der Waals surface area contributed by atoms with Crippen LogP contribution in [0.1, 0.15) is 149 Å². The van der Waals surface area contributed by atoms with Crippen LogP contribution in [0.4, 0.5) is 0 Å². The predicted molar refractivity (Wildman–Crippen MR) is 149 cm³/mol. The molecule has 0 aliphatic heterocycles. The number of rotatable bonds is 14. The zero-order valence-electron chi connectivity index (χ0n) is 25.1. The van der Waals surface area contributed by atoms with Crippen molar-refractivity contribution >= 4 is 0 Å². The zero-order valence-corrected chi connectivity index (χ0v) is 25.1. The van der Waals surface area contributed by atoms with Crippen molar-refractivity contribution in [1.82, 2.24) is 0 Å². The molecule has 0 heteroatoms. The molecule has 0 aromatic carbocycles. The Kier molecular flexibility index (Phi) is 25.1. The van der Waals surface area contributed by atoms with E-state index in [1.165, 1.54) is 44.9 Å². The van der Waals surface area contributed by atoms with E-state index in [0.717, 1.165) is 53.3 Å². The molecule has 0 N–H and O–H groups in total. The van der Waals surface area contributed by atoms with Gasteiger partial charge in [0.05, 0.1) is 0 Å². The normalized spacial score (nSPS) is 16.4. The van der Waals surface area contributed by atoms with Gasteiger partial charge in [-0.2, -0.15) is 0 Å². The van der Waals surface area contributed by atoms with E-state index in [2.05, 4.69) is 90.0 Å². The molecule has 0 heterocycles. The molecule has 0 nitrogen and oxygen atoms in total. The van der Waals surface area contributed by atoms with E-state index in [1.807, 2.05) is 13.8 Å². The van der Waals surface area contributed by atoms with Crippen LogP contribution >= 0.6 is 0 Å². The van der Waals surface area contributed by atoms with Crippen molar-refractivity contribution < 1.29 is 0 Å². The smallest absolute Gasteiger partial charge is 0.0355 e. The highest BCUT2D eigenvalue weighted by atomic mass is 14.3. The summed E-state index contributed by atoms with van der Waals surface area (Å²) in [5, 5.41) is 0. The Morgan fingerprint density at radius 3 is 1.29 bits per heavy atom. The Hall–Kier alpha value is 0. The lowest BCUT2D eigenvalue weighted by atomic mass is 9.70. The molecule has 0 rings (SSSR count). The molecule has 5 unspecified atom stereocenters. The lowest BCUT2D eigenvalue weighted by molar-refractivity contribution is 0.139. The average molecular weight is 441 g/mol. The average Bonchev–Trinajstić information content (AvgIpc) is 2.74. The molecule has 0 amide bonds. The van der Waals surface area contributed by atoms with Crippen LogP contribution in [0.15, 0.2) is 0 Å². The highest BCUT2D eigenvalue weighted by Crippen LogP contribution is 2.37. The standard InChI is InChI=1S/C17H36.C12H26.C2H6/c1-9-16(10-2)17(15(8)13(5)6)11-14(7)12(3)4;1-6-8-12(10(3)4)9-11(5)7-2;1-2/h12-17H,9-11H2,1-8H3;10-12H,6-9H2,1-5H3;1-2H3. The van der Waals surface area contributed by atoms with Crippen LogP contribution < -0.4 is 0 Å². The van der Waals surface area contributed by atoms with E-state index in [1.54, 1.807) is 0 Å². The van der Waals surface area contributed by atoms with Crippen LogP contribution in [0.2, 0.25) is 0 Å². The second-order valence-electron chi connectivity index (χ2n) is 11.3. The van der Waals surface area contributed by atoms with Gasteiger partial charge >= 0.3 is 0 Å². The molecule has 0 bridgehead atoms. The van der Waals surface area contributed by atoms with Crippen LogP contribution in [0.3, 0.4) is 0 Å². The van der Waals surface area contributed by atoms with Gasteiger partial charge in [0, 0.05) is 0 Å². The van der Waals surface area contributed by atoms with Gasteiger partial charge in [0.2, 0.25) is 0 Å². The van der Waals surface area contributed by atoms with Gasteiger partial charge < -0.3 is 0 Å². The summed E-state index contributed by atoms with van der Waals surface area (Å²) in [7, 11) is 0. The minimum absolute atomic E-state index is 0.819.